The van der Waals surface area contributed by atoms with Crippen molar-refractivity contribution in [1.29, 1.82) is 0 Å². The van der Waals surface area contributed by atoms with Crippen molar-refractivity contribution in [3.8, 4) is 0 Å². The normalized spacial score (nSPS) is 12.8. The number of carbonyl (C=O) groups excluding carboxylic acids is 2. The summed E-state index contributed by atoms with van der Waals surface area (Å²) < 4.78 is 0.939. The van der Waals surface area contributed by atoms with E-state index in [0.717, 1.165) is 22.4 Å². The van der Waals surface area contributed by atoms with Crippen molar-refractivity contribution in [2.45, 2.75) is 19.9 Å². The van der Waals surface area contributed by atoms with Gasteiger partial charge in [-0.25, -0.2) is 4.68 Å². The van der Waals surface area contributed by atoms with E-state index in [1.807, 2.05) is 6.07 Å². The Bertz CT molecular complexity index is 926. The predicted octanol–water partition coefficient (Wildman–Crippen LogP) is 2.10. The third-order valence-electron chi connectivity index (χ3n) is 3.87. The Kier molecular flexibility index (Phi) is 4.78. The molecule has 25 heavy (non-hydrogen) atoms. The molecular formula is C16H14Cl2N4O3. The molecule has 1 N–H and O–H groups in total. The number of amides is 2. The number of rotatable bonds is 3. The first-order chi connectivity index (χ1) is 11.9. The second-order valence-electron chi connectivity index (χ2n) is 5.58. The first-order valence-corrected chi connectivity index (χ1v) is 8.24. The summed E-state index contributed by atoms with van der Waals surface area (Å²) in [6.07, 6.45) is 1.94. The van der Waals surface area contributed by atoms with Crippen LogP contribution >= 0.6 is 23.2 Å². The molecule has 2 heterocycles. The van der Waals surface area contributed by atoms with Gasteiger partial charge in [-0.3, -0.25) is 14.4 Å². The summed E-state index contributed by atoms with van der Waals surface area (Å²) in [5.74, 6) is -0.435. The average Bonchev–Trinajstić information content (AvgIpc) is 2.99. The van der Waals surface area contributed by atoms with Crippen LogP contribution in [0.5, 0.6) is 0 Å². The Hall–Kier alpha value is -2.38. The molecule has 3 rings (SSSR count). The minimum atomic E-state index is -0.629. The number of hydrogen-bond acceptors (Lipinski definition) is 4. The van der Waals surface area contributed by atoms with E-state index in [2.05, 4.69) is 10.4 Å². The van der Waals surface area contributed by atoms with Crippen LogP contribution in [0.1, 0.15) is 12.5 Å². The molecule has 0 atom stereocenters. The third kappa shape index (κ3) is 3.52. The maximum absolute atomic E-state index is 12.2. The lowest BCUT2D eigenvalue weighted by Gasteiger charge is -2.15. The highest BCUT2D eigenvalue weighted by molar-refractivity contribution is 6.41. The van der Waals surface area contributed by atoms with Gasteiger partial charge in [0, 0.05) is 24.8 Å². The number of carbonyl (C=O) groups is 2. The SMILES string of the molecule is CC(=O)N1CCc2cc(NC(=O)Cn3ncc(Cl)c(Cl)c3=O)ccc21. The van der Waals surface area contributed by atoms with Crippen molar-refractivity contribution in [2.75, 3.05) is 16.8 Å². The summed E-state index contributed by atoms with van der Waals surface area (Å²) in [7, 11) is 0. The van der Waals surface area contributed by atoms with Crippen LogP contribution in [-0.2, 0) is 22.6 Å². The average molecular weight is 381 g/mol. The molecule has 0 aliphatic carbocycles. The van der Waals surface area contributed by atoms with Crippen LogP contribution < -0.4 is 15.8 Å². The summed E-state index contributed by atoms with van der Waals surface area (Å²) in [6.45, 7) is 1.86. The maximum Gasteiger partial charge on any atom is 0.287 e. The Balaban J connectivity index is 1.73. The van der Waals surface area contributed by atoms with Gasteiger partial charge in [-0.05, 0) is 30.2 Å². The molecule has 2 aromatic rings. The molecule has 0 saturated carbocycles. The minimum Gasteiger partial charge on any atom is -0.324 e. The second-order valence-corrected chi connectivity index (χ2v) is 6.37. The van der Waals surface area contributed by atoms with E-state index in [4.69, 9.17) is 23.2 Å². The standard InChI is InChI=1S/C16H14Cl2N4O3/c1-9(23)21-5-4-10-6-11(2-3-13(10)21)20-14(24)8-22-16(25)15(18)12(17)7-19-22/h2-3,6-7H,4-5,8H2,1H3,(H,20,24). The molecule has 7 nitrogen and oxygen atoms in total. The molecule has 1 aliphatic rings. The van der Waals surface area contributed by atoms with E-state index >= 15 is 0 Å². The Morgan fingerprint density at radius 2 is 2.08 bits per heavy atom. The lowest BCUT2D eigenvalue weighted by atomic mass is 10.1. The Morgan fingerprint density at radius 3 is 2.80 bits per heavy atom. The second kappa shape index (κ2) is 6.85. The molecule has 0 bridgehead atoms. The van der Waals surface area contributed by atoms with Crippen LogP contribution in [0.25, 0.3) is 0 Å². The topological polar surface area (TPSA) is 84.3 Å². The smallest absolute Gasteiger partial charge is 0.287 e. The van der Waals surface area contributed by atoms with Gasteiger partial charge in [-0.15, -0.1) is 0 Å². The van der Waals surface area contributed by atoms with Gasteiger partial charge < -0.3 is 10.2 Å². The van der Waals surface area contributed by atoms with E-state index in [9.17, 15) is 14.4 Å². The van der Waals surface area contributed by atoms with Crippen LogP contribution in [0.4, 0.5) is 11.4 Å². The van der Waals surface area contributed by atoms with Crippen molar-refractivity contribution < 1.29 is 9.59 Å². The molecule has 9 heteroatoms. The van der Waals surface area contributed by atoms with Crippen LogP contribution in [-0.4, -0.2) is 28.1 Å². The van der Waals surface area contributed by atoms with E-state index in [1.54, 1.807) is 17.0 Å². The fourth-order valence-corrected chi connectivity index (χ4v) is 2.97. The molecular weight excluding hydrogens is 367 g/mol. The summed E-state index contributed by atoms with van der Waals surface area (Å²) >= 11 is 11.5. The van der Waals surface area contributed by atoms with Crippen molar-refractivity contribution in [2.24, 2.45) is 0 Å². The summed E-state index contributed by atoms with van der Waals surface area (Å²) in [5, 5.41) is 6.36. The van der Waals surface area contributed by atoms with Gasteiger partial charge in [0.25, 0.3) is 5.56 Å². The van der Waals surface area contributed by atoms with Gasteiger partial charge in [0.05, 0.1) is 11.2 Å². The first kappa shape index (κ1) is 17.4. The van der Waals surface area contributed by atoms with Crippen molar-refractivity contribution in [1.82, 2.24) is 9.78 Å². The van der Waals surface area contributed by atoms with Crippen LogP contribution in [0, 0.1) is 0 Å². The third-order valence-corrected chi connectivity index (χ3v) is 4.62. The summed E-state index contributed by atoms with van der Waals surface area (Å²) in [4.78, 5) is 37.3. The van der Waals surface area contributed by atoms with Crippen molar-refractivity contribution in [3.05, 3.63) is 50.4 Å². The number of aromatic nitrogens is 2. The maximum atomic E-state index is 12.2. The summed E-state index contributed by atoms with van der Waals surface area (Å²) in [6, 6.07) is 5.33. The van der Waals surface area contributed by atoms with Crippen LogP contribution in [0.2, 0.25) is 10.0 Å². The van der Waals surface area contributed by atoms with Gasteiger partial charge in [-0.1, -0.05) is 23.2 Å². The number of nitrogens with zero attached hydrogens (tertiary/aromatic N) is 3. The number of halogens is 2. The van der Waals surface area contributed by atoms with Crippen LogP contribution in [0.3, 0.4) is 0 Å². The monoisotopic (exact) mass is 380 g/mol. The van der Waals surface area contributed by atoms with E-state index in [-0.39, 0.29) is 22.5 Å². The molecule has 1 aliphatic heterocycles. The molecule has 1 aromatic carbocycles. The molecule has 0 radical (unpaired) electrons. The highest BCUT2D eigenvalue weighted by Gasteiger charge is 2.22. The number of anilines is 2. The highest BCUT2D eigenvalue weighted by atomic mass is 35.5. The quantitative estimate of drug-likeness (QED) is 0.883. The molecule has 0 spiro atoms. The Labute approximate surface area is 153 Å². The first-order valence-electron chi connectivity index (χ1n) is 7.49. The number of nitrogens with one attached hydrogen (secondary N) is 1. The lowest BCUT2D eigenvalue weighted by Crippen LogP contribution is -2.29. The van der Waals surface area contributed by atoms with E-state index < -0.39 is 11.5 Å². The van der Waals surface area contributed by atoms with Gasteiger partial charge in [0.1, 0.15) is 11.6 Å². The Morgan fingerprint density at radius 1 is 1.32 bits per heavy atom. The zero-order chi connectivity index (χ0) is 18.1. The molecule has 0 fully saturated rings. The largest absolute Gasteiger partial charge is 0.324 e. The van der Waals surface area contributed by atoms with Crippen molar-refractivity contribution in [3.63, 3.8) is 0 Å². The lowest BCUT2D eigenvalue weighted by molar-refractivity contribution is -0.117. The number of fused-ring (bicyclic) bond motifs is 1. The molecule has 0 unspecified atom stereocenters. The van der Waals surface area contributed by atoms with E-state index in [0.29, 0.717) is 12.2 Å². The van der Waals surface area contributed by atoms with Crippen LogP contribution in [0.15, 0.2) is 29.2 Å². The fraction of sp³-hybridized carbons (Fsp3) is 0.250. The zero-order valence-electron chi connectivity index (χ0n) is 13.3. The predicted molar refractivity (Wildman–Crippen MR) is 95.3 cm³/mol. The van der Waals surface area contributed by atoms with Gasteiger partial charge >= 0.3 is 0 Å². The highest BCUT2D eigenvalue weighted by Crippen LogP contribution is 2.30. The van der Waals surface area contributed by atoms with Gasteiger partial charge in [0.15, 0.2) is 0 Å². The molecule has 2 amide bonds. The molecule has 130 valence electrons. The molecule has 0 saturated heterocycles. The molecule has 1 aromatic heterocycles. The number of benzene rings is 1. The van der Waals surface area contributed by atoms with Gasteiger partial charge in [-0.2, -0.15) is 5.10 Å². The zero-order valence-corrected chi connectivity index (χ0v) is 14.8. The number of hydrogen-bond donors (Lipinski definition) is 1. The fourth-order valence-electron chi connectivity index (χ4n) is 2.70. The van der Waals surface area contributed by atoms with E-state index in [1.165, 1.54) is 13.1 Å². The van der Waals surface area contributed by atoms with Gasteiger partial charge in [0.2, 0.25) is 11.8 Å². The minimum absolute atomic E-state index is 0.0133. The summed E-state index contributed by atoms with van der Waals surface area (Å²) in [5.41, 5.74) is 1.79. The van der Waals surface area contributed by atoms with Crippen molar-refractivity contribution >= 4 is 46.4 Å².